The van der Waals surface area contributed by atoms with E-state index < -0.39 is 0 Å². The molecule has 0 aliphatic rings. The number of aliphatic imine (C=N–C) groups is 1. The first-order valence-corrected chi connectivity index (χ1v) is 6.13. The monoisotopic (exact) mass is 266 g/mol. The second-order valence-electron chi connectivity index (χ2n) is 4.20. The second kappa shape index (κ2) is 7.07. The zero-order valence-corrected chi connectivity index (χ0v) is 12.0. The lowest BCUT2D eigenvalue weighted by atomic mass is 10.2. The molecule has 4 heteroatoms. The molecule has 3 nitrogen and oxygen atoms in total. The molecule has 18 heavy (non-hydrogen) atoms. The van der Waals surface area contributed by atoms with Crippen molar-refractivity contribution in [3.8, 4) is 5.75 Å². The van der Waals surface area contributed by atoms with E-state index in [-0.39, 0.29) is 0 Å². The molecule has 0 unspecified atom stereocenters. The molecule has 0 heterocycles. The van der Waals surface area contributed by atoms with Gasteiger partial charge in [-0.1, -0.05) is 23.2 Å². The highest BCUT2D eigenvalue weighted by molar-refractivity contribution is 6.39. The van der Waals surface area contributed by atoms with E-state index in [1.54, 1.807) is 13.3 Å². The zero-order valence-electron chi connectivity index (χ0n) is 11.2. The van der Waals surface area contributed by atoms with Crippen LogP contribution in [0, 0.1) is 6.92 Å². The molecule has 0 saturated heterocycles. The Kier molecular flexibility index (Phi) is 5.72. The Morgan fingerprint density at radius 3 is 2.78 bits per heavy atom. The van der Waals surface area contributed by atoms with Crippen LogP contribution in [0.4, 0.5) is 5.69 Å². The Morgan fingerprint density at radius 2 is 2.17 bits per heavy atom. The SMILES string of the molecule is COc1ccc(C)cc1NC/N=C\C(Cl)=C(C)C. The Hall–Kier alpha value is -1.48. The standard InChI is InChI=1S/C14H19ClN2O/c1-10(2)12(15)8-16-9-17-13-7-11(3)5-6-14(13)18-4/h5-8,17H,9H2,1-4H3/b16-8-. The average molecular weight is 267 g/mol. The number of halogens is 1. The second-order valence-corrected chi connectivity index (χ2v) is 4.61. The molecular weight excluding hydrogens is 248 g/mol. The van der Waals surface area contributed by atoms with Gasteiger partial charge in [0.1, 0.15) is 12.4 Å². The highest BCUT2D eigenvalue weighted by Gasteiger charge is 2.01. The Bertz CT molecular complexity index is 463. The molecule has 0 aliphatic heterocycles. The third-order valence-corrected chi connectivity index (χ3v) is 2.87. The van der Waals surface area contributed by atoms with Crippen LogP contribution in [0.3, 0.4) is 0 Å². The Morgan fingerprint density at radius 1 is 1.44 bits per heavy atom. The summed E-state index contributed by atoms with van der Waals surface area (Å²) in [6.07, 6.45) is 1.66. The molecule has 98 valence electrons. The summed E-state index contributed by atoms with van der Waals surface area (Å²) in [6, 6.07) is 5.97. The summed E-state index contributed by atoms with van der Waals surface area (Å²) >= 11 is 5.96. The van der Waals surface area contributed by atoms with Gasteiger partial charge < -0.3 is 10.1 Å². The van der Waals surface area contributed by atoms with Gasteiger partial charge in [0, 0.05) is 6.21 Å². The Labute approximate surface area is 114 Å². The van der Waals surface area contributed by atoms with Crippen LogP contribution in [0.5, 0.6) is 5.75 Å². The van der Waals surface area contributed by atoms with Gasteiger partial charge in [-0.2, -0.15) is 0 Å². The maximum atomic E-state index is 5.96. The molecule has 0 saturated carbocycles. The topological polar surface area (TPSA) is 33.6 Å². The summed E-state index contributed by atoms with van der Waals surface area (Å²) < 4.78 is 5.27. The van der Waals surface area contributed by atoms with Gasteiger partial charge in [-0.15, -0.1) is 0 Å². The van der Waals surface area contributed by atoms with E-state index in [9.17, 15) is 0 Å². The van der Waals surface area contributed by atoms with Crippen LogP contribution in [-0.2, 0) is 0 Å². The number of ether oxygens (including phenoxy) is 1. The zero-order chi connectivity index (χ0) is 13.5. The molecule has 0 amide bonds. The van der Waals surface area contributed by atoms with Gasteiger partial charge in [-0.05, 0) is 38.5 Å². The summed E-state index contributed by atoms with van der Waals surface area (Å²) in [6.45, 7) is 6.40. The van der Waals surface area contributed by atoms with Crippen LogP contribution in [0.25, 0.3) is 0 Å². The van der Waals surface area contributed by atoms with E-state index in [0.717, 1.165) is 17.0 Å². The minimum absolute atomic E-state index is 0.462. The number of nitrogens with zero attached hydrogens (tertiary/aromatic N) is 1. The van der Waals surface area contributed by atoms with Crippen molar-refractivity contribution in [3.05, 3.63) is 34.4 Å². The Balaban J connectivity index is 2.64. The van der Waals surface area contributed by atoms with Gasteiger partial charge in [-0.3, -0.25) is 4.99 Å². The summed E-state index contributed by atoms with van der Waals surface area (Å²) in [4.78, 5) is 4.21. The summed E-state index contributed by atoms with van der Waals surface area (Å²) in [7, 11) is 1.65. The largest absolute Gasteiger partial charge is 0.495 e. The molecule has 1 aromatic rings. The average Bonchev–Trinajstić information content (AvgIpc) is 2.34. The van der Waals surface area contributed by atoms with Crippen molar-refractivity contribution in [1.29, 1.82) is 0 Å². The highest BCUT2D eigenvalue weighted by atomic mass is 35.5. The third-order valence-electron chi connectivity index (χ3n) is 2.40. The van der Waals surface area contributed by atoms with Crippen LogP contribution < -0.4 is 10.1 Å². The number of hydrogen-bond donors (Lipinski definition) is 1. The molecule has 0 aliphatic carbocycles. The number of hydrogen-bond acceptors (Lipinski definition) is 3. The predicted molar refractivity (Wildman–Crippen MR) is 78.9 cm³/mol. The number of anilines is 1. The maximum absolute atomic E-state index is 5.96. The van der Waals surface area contributed by atoms with Gasteiger partial charge >= 0.3 is 0 Å². The molecule has 1 N–H and O–H groups in total. The minimum Gasteiger partial charge on any atom is -0.495 e. The molecule has 0 atom stereocenters. The molecule has 0 aromatic heterocycles. The lowest BCUT2D eigenvalue weighted by Gasteiger charge is -2.10. The highest BCUT2D eigenvalue weighted by Crippen LogP contribution is 2.24. The molecule has 0 radical (unpaired) electrons. The van der Waals surface area contributed by atoms with E-state index in [4.69, 9.17) is 16.3 Å². The van der Waals surface area contributed by atoms with Gasteiger partial charge in [-0.25, -0.2) is 0 Å². The third kappa shape index (κ3) is 4.41. The van der Waals surface area contributed by atoms with Crippen LogP contribution in [0.15, 0.2) is 33.8 Å². The number of allylic oxidation sites excluding steroid dienone is 2. The van der Waals surface area contributed by atoms with Crippen molar-refractivity contribution in [2.75, 3.05) is 19.1 Å². The lowest BCUT2D eigenvalue weighted by Crippen LogP contribution is -2.01. The maximum Gasteiger partial charge on any atom is 0.142 e. The van der Waals surface area contributed by atoms with Gasteiger partial charge in [0.25, 0.3) is 0 Å². The van der Waals surface area contributed by atoms with Crippen LogP contribution in [0.1, 0.15) is 19.4 Å². The fraction of sp³-hybridized carbons (Fsp3) is 0.357. The summed E-state index contributed by atoms with van der Waals surface area (Å²) in [5.41, 5.74) is 3.15. The van der Waals surface area contributed by atoms with E-state index in [2.05, 4.69) is 10.3 Å². The summed E-state index contributed by atoms with van der Waals surface area (Å²) in [5.74, 6) is 0.809. The van der Waals surface area contributed by atoms with Crippen LogP contribution in [0.2, 0.25) is 0 Å². The quantitative estimate of drug-likeness (QED) is 0.818. The first-order valence-electron chi connectivity index (χ1n) is 5.76. The molecule has 0 spiro atoms. The van der Waals surface area contributed by atoms with E-state index in [1.165, 1.54) is 5.56 Å². The van der Waals surface area contributed by atoms with E-state index in [1.807, 2.05) is 39.0 Å². The van der Waals surface area contributed by atoms with Gasteiger partial charge in [0.05, 0.1) is 17.8 Å². The van der Waals surface area contributed by atoms with Gasteiger partial charge in [0.15, 0.2) is 0 Å². The van der Waals surface area contributed by atoms with Crippen molar-refractivity contribution < 1.29 is 4.74 Å². The number of benzene rings is 1. The molecule has 0 fully saturated rings. The minimum atomic E-state index is 0.462. The lowest BCUT2D eigenvalue weighted by molar-refractivity contribution is 0.416. The van der Waals surface area contributed by atoms with Gasteiger partial charge in [0.2, 0.25) is 0 Å². The predicted octanol–water partition coefficient (Wildman–Crippen LogP) is 3.98. The van der Waals surface area contributed by atoms with E-state index >= 15 is 0 Å². The number of rotatable bonds is 5. The smallest absolute Gasteiger partial charge is 0.142 e. The van der Waals surface area contributed by atoms with Crippen molar-refractivity contribution in [1.82, 2.24) is 0 Å². The van der Waals surface area contributed by atoms with E-state index in [0.29, 0.717) is 11.7 Å². The van der Waals surface area contributed by atoms with Crippen molar-refractivity contribution in [2.45, 2.75) is 20.8 Å². The van der Waals surface area contributed by atoms with Crippen molar-refractivity contribution in [3.63, 3.8) is 0 Å². The molecule has 1 aromatic carbocycles. The first kappa shape index (κ1) is 14.6. The number of methoxy groups -OCH3 is 1. The normalized spacial score (nSPS) is 10.5. The van der Waals surface area contributed by atoms with Crippen LogP contribution in [-0.4, -0.2) is 20.0 Å². The van der Waals surface area contributed by atoms with Crippen molar-refractivity contribution >= 4 is 23.5 Å². The summed E-state index contributed by atoms with van der Waals surface area (Å²) in [5, 5.41) is 3.87. The number of aryl methyl sites for hydroxylation is 1. The number of nitrogens with one attached hydrogen (secondary N) is 1. The molecular formula is C14H19ClN2O. The van der Waals surface area contributed by atoms with Crippen molar-refractivity contribution in [2.24, 2.45) is 4.99 Å². The molecule has 1 rings (SSSR count). The molecule has 0 bridgehead atoms. The fourth-order valence-electron chi connectivity index (χ4n) is 1.35. The first-order chi connectivity index (χ1) is 8.54. The fourth-order valence-corrected chi connectivity index (χ4v) is 1.41. The van der Waals surface area contributed by atoms with Crippen LogP contribution >= 0.6 is 11.6 Å².